The molecule has 2 saturated carbocycles. The Hall–Kier alpha value is -1.99. The normalized spacial score (nSPS) is 26.5. The molecular formula is C22H30N2O4S. The van der Waals surface area contributed by atoms with Crippen molar-refractivity contribution >= 4 is 23.5 Å². The SMILES string of the molecule is O=CCNC(=O)CCCC=CCC1C2CCC(C2)C1NS(=O)Oc1ccccc1. The van der Waals surface area contributed by atoms with Gasteiger partial charge in [0, 0.05) is 12.5 Å². The van der Waals surface area contributed by atoms with Gasteiger partial charge < -0.3 is 14.3 Å². The minimum Gasteiger partial charge on any atom is -0.389 e. The lowest BCUT2D eigenvalue weighted by Gasteiger charge is -2.30. The van der Waals surface area contributed by atoms with E-state index in [9.17, 15) is 13.8 Å². The summed E-state index contributed by atoms with van der Waals surface area (Å²) in [6, 6.07) is 9.46. The maximum Gasteiger partial charge on any atom is 0.288 e. The Morgan fingerprint density at radius 3 is 2.76 bits per heavy atom. The summed E-state index contributed by atoms with van der Waals surface area (Å²) < 4.78 is 21.2. The van der Waals surface area contributed by atoms with Crippen LogP contribution in [0.25, 0.3) is 0 Å². The van der Waals surface area contributed by atoms with Gasteiger partial charge in [0.25, 0.3) is 11.3 Å². The average molecular weight is 419 g/mol. The highest BCUT2D eigenvalue weighted by atomic mass is 32.2. The Balaban J connectivity index is 1.42. The van der Waals surface area contributed by atoms with E-state index >= 15 is 0 Å². The van der Waals surface area contributed by atoms with Gasteiger partial charge in [0.1, 0.15) is 12.0 Å². The van der Waals surface area contributed by atoms with Gasteiger partial charge >= 0.3 is 0 Å². The Kier molecular flexibility index (Phi) is 8.43. The molecule has 1 aromatic rings. The Morgan fingerprint density at radius 1 is 1.17 bits per heavy atom. The van der Waals surface area contributed by atoms with E-state index in [-0.39, 0.29) is 18.5 Å². The zero-order valence-corrected chi connectivity index (χ0v) is 17.4. The molecule has 3 rings (SSSR count). The maximum absolute atomic E-state index is 12.4. The van der Waals surface area contributed by atoms with Gasteiger partial charge in [0.2, 0.25) is 5.91 Å². The van der Waals surface area contributed by atoms with E-state index in [0.717, 1.165) is 19.3 Å². The predicted molar refractivity (Wildman–Crippen MR) is 113 cm³/mol. The molecule has 5 atom stereocenters. The number of hydrogen-bond donors (Lipinski definition) is 2. The predicted octanol–water partition coefficient (Wildman–Crippen LogP) is 3.08. The Morgan fingerprint density at radius 2 is 1.97 bits per heavy atom. The molecule has 0 aliphatic heterocycles. The molecule has 0 radical (unpaired) electrons. The molecule has 2 bridgehead atoms. The number of unbranched alkanes of at least 4 members (excludes halogenated alkanes) is 1. The average Bonchev–Trinajstić information content (AvgIpc) is 3.32. The third kappa shape index (κ3) is 6.51. The summed E-state index contributed by atoms with van der Waals surface area (Å²) in [6.07, 6.45) is 11.7. The zero-order valence-electron chi connectivity index (χ0n) is 16.6. The van der Waals surface area contributed by atoms with Crippen LogP contribution in [0.2, 0.25) is 0 Å². The van der Waals surface area contributed by atoms with Gasteiger partial charge in [-0.2, -0.15) is 4.21 Å². The summed E-state index contributed by atoms with van der Waals surface area (Å²) >= 11 is -1.55. The lowest BCUT2D eigenvalue weighted by atomic mass is 9.83. The number of hydrogen-bond acceptors (Lipinski definition) is 4. The number of carbonyl (C=O) groups is 2. The molecule has 2 N–H and O–H groups in total. The fourth-order valence-corrected chi connectivity index (χ4v) is 5.55. The highest BCUT2D eigenvalue weighted by Gasteiger charge is 2.47. The van der Waals surface area contributed by atoms with Crippen LogP contribution in [-0.4, -0.2) is 29.0 Å². The first-order valence-corrected chi connectivity index (χ1v) is 11.5. The molecule has 5 unspecified atom stereocenters. The van der Waals surface area contributed by atoms with Gasteiger partial charge in [-0.05, 0) is 68.4 Å². The monoisotopic (exact) mass is 418 g/mol. The van der Waals surface area contributed by atoms with E-state index in [4.69, 9.17) is 4.18 Å². The molecular weight excluding hydrogens is 388 g/mol. The van der Waals surface area contributed by atoms with E-state index in [1.807, 2.05) is 18.2 Å². The molecule has 0 saturated heterocycles. The second kappa shape index (κ2) is 11.3. The van der Waals surface area contributed by atoms with Crippen molar-refractivity contribution in [3.63, 3.8) is 0 Å². The van der Waals surface area contributed by atoms with Crippen LogP contribution in [-0.2, 0) is 20.9 Å². The first kappa shape index (κ1) is 21.7. The number of carbonyl (C=O) groups excluding carboxylic acids is 2. The summed E-state index contributed by atoms with van der Waals surface area (Å²) in [6.45, 7) is 0.0860. The molecule has 29 heavy (non-hydrogen) atoms. The Labute approximate surface area is 175 Å². The fourth-order valence-electron chi connectivity index (χ4n) is 4.63. The molecule has 1 amide bonds. The smallest absolute Gasteiger partial charge is 0.288 e. The van der Waals surface area contributed by atoms with Crippen molar-refractivity contribution in [1.82, 2.24) is 10.0 Å². The molecule has 1 aromatic carbocycles. The number of rotatable bonds is 12. The summed E-state index contributed by atoms with van der Waals surface area (Å²) in [5.74, 6) is 2.26. The highest BCUT2D eigenvalue weighted by Crippen LogP contribution is 2.50. The standard InChI is InChI=1S/C22H30N2O4S/c25-15-14-23-21(26)11-7-2-1-6-10-20-17-12-13-18(16-17)22(20)24-29(27)28-19-8-4-3-5-9-19/h1,3-6,8-9,15,17-18,20,22,24H,2,7,10-14,16H2,(H,23,26). The van der Waals surface area contributed by atoms with Gasteiger partial charge in [0.05, 0.1) is 6.54 Å². The van der Waals surface area contributed by atoms with Gasteiger partial charge in [-0.1, -0.05) is 30.4 Å². The van der Waals surface area contributed by atoms with Crippen LogP contribution in [0.4, 0.5) is 0 Å². The van der Waals surface area contributed by atoms with E-state index in [1.54, 1.807) is 12.1 Å². The number of aldehydes is 1. The zero-order chi connectivity index (χ0) is 20.5. The molecule has 7 heteroatoms. The molecule has 2 fully saturated rings. The molecule has 2 aliphatic rings. The maximum atomic E-state index is 12.4. The summed E-state index contributed by atoms with van der Waals surface area (Å²) in [5, 5.41) is 2.55. The van der Waals surface area contributed by atoms with E-state index in [0.29, 0.717) is 36.2 Å². The van der Waals surface area contributed by atoms with Crippen molar-refractivity contribution in [3.8, 4) is 5.75 Å². The van der Waals surface area contributed by atoms with Crippen molar-refractivity contribution in [3.05, 3.63) is 42.5 Å². The van der Waals surface area contributed by atoms with Gasteiger partial charge in [-0.15, -0.1) is 0 Å². The number of benzene rings is 1. The lowest BCUT2D eigenvalue weighted by molar-refractivity contribution is -0.122. The van der Waals surface area contributed by atoms with Crippen molar-refractivity contribution in [2.45, 2.75) is 51.0 Å². The van der Waals surface area contributed by atoms with E-state index < -0.39 is 11.3 Å². The first-order chi connectivity index (χ1) is 14.2. The van der Waals surface area contributed by atoms with Crippen LogP contribution in [0.15, 0.2) is 42.5 Å². The molecule has 2 aliphatic carbocycles. The number of para-hydroxylation sites is 1. The second-order valence-corrected chi connectivity index (χ2v) is 8.71. The van der Waals surface area contributed by atoms with Crippen LogP contribution >= 0.6 is 0 Å². The quantitative estimate of drug-likeness (QED) is 0.310. The number of fused-ring (bicyclic) bond motifs is 2. The van der Waals surface area contributed by atoms with Crippen molar-refractivity contribution in [2.24, 2.45) is 17.8 Å². The topological polar surface area (TPSA) is 84.5 Å². The van der Waals surface area contributed by atoms with E-state index in [1.165, 1.54) is 19.3 Å². The highest BCUT2D eigenvalue weighted by molar-refractivity contribution is 7.78. The molecule has 0 spiro atoms. The Bertz CT molecular complexity index is 725. The fraction of sp³-hybridized carbons (Fsp3) is 0.545. The first-order valence-electron chi connectivity index (χ1n) is 10.4. The minimum atomic E-state index is -1.55. The van der Waals surface area contributed by atoms with Crippen LogP contribution < -0.4 is 14.2 Å². The second-order valence-electron chi connectivity index (χ2n) is 7.84. The third-order valence-electron chi connectivity index (χ3n) is 5.97. The largest absolute Gasteiger partial charge is 0.389 e. The van der Waals surface area contributed by atoms with Gasteiger partial charge in [-0.25, -0.2) is 4.72 Å². The van der Waals surface area contributed by atoms with Gasteiger partial charge in [0.15, 0.2) is 0 Å². The minimum absolute atomic E-state index is 0.0798. The molecule has 0 aromatic heterocycles. The van der Waals surface area contributed by atoms with Crippen LogP contribution in [0.5, 0.6) is 5.75 Å². The summed E-state index contributed by atoms with van der Waals surface area (Å²) in [4.78, 5) is 21.7. The molecule has 158 valence electrons. The number of nitrogens with one attached hydrogen (secondary N) is 2. The van der Waals surface area contributed by atoms with Crippen LogP contribution in [0, 0.1) is 17.8 Å². The lowest BCUT2D eigenvalue weighted by Crippen LogP contribution is -2.42. The van der Waals surface area contributed by atoms with Crippen molar-refractivity contribution < 1.29 is 18.0 Å². The number of allylic oxidation sites excluding steroid dienone is 2. The summed E-state index contributed by atoms with van der Waals surface area (Å²) in [7, 11) is 0. The molecule has 6 nitrogen and oxygen atoms in total. The third-order valence-corrected chi connectivity index (χ3v) is 6.78. The van der Waals surface area contributed by atoms with Crippen molar-refractivity contribution in [2.75, 3.05) is 6.54 Å². The van der Waals surface area contributed by atoms with Gasteiger partial charge in [-0.3, -0.25) is 4.79 Å². The van der Waals surface area contributed by atoms with Crippen LogP contribution in [0.1, 0.15) is 44.9 Å². The number of amides is 1. The van der Waals surface area contributed by atoms with E-state index in [2.05, 4.69) is 22.2 Å². The van der Waals surface area contributed by atoms with Crippen LogP contribution in [0.3, 0.4) is 0 Å². The molecule has 0 heterocycles. The van der Waals surface area contributed by atoms with Crippen molar-refractivity contribution in [1.29, 1.82) is 0 Å². The summed E-state index contributed by atoms with van der Waals surface area (Å²) in [5.41, 5.74) is 0.